The molecule has 0 aliphatic rings. The topological polar surface area (TPSA) is 73.6 Å². The predicted molar refractivity (Wildman–Crippen MR) is 59.1 cm³/mol. The third kappa shape index (κ3) is 3.09. The van der Waals surface area contributed by atoms with E-state index in [0.29, 0.717) is 18.9 Å². The molecule has 88 valence electrons. The molecule has 0 saturated carbocycles. The van der Waals surface area contributed by atoms with E-state index in [-0.39, 0.29) is 11.4 Å². The SMILES string of the molecule is CNCCOc1ccc([N+](=O)[O-])c(OC)c1. The highest BCUT2D eigenvalue weighted by Gasteiger charge is 2.14. The van der Waals surface area contributed by atoms with Crippen molar-refractivity contribution in [2.45, 2.75) is 0 Å². The number of hydrogen-bond acceptors (Lipinski definition) is 5. The van der Waals surface area contributed by atoms with Crippen LogP contribution in [0.3, 0.4) is 0 Å². The number of nitro groups is 1. The monoisotopic (exact) mass is 226 g/mol. The van der Waals surface area contributed by atoms with Crippen molar-refractivity contribution in [3.8, 4) is 11.5 Å². The predicted octanol–water partition coefficient (Wildman–Crippen LogP) is 1.20. The summed E-state index contributed by atoms with van der Waals surface area (Å²) in [5.74, 6) is 0.754. The maximum atomic E-state index is 10.6. The number of ether oxygens (including phenoxy) is 2. The zero-order valence-corrected chi connectivity index (χ0v) is 9.23. The second-order valence-electron chi connectivity index (χ2n) is 3.04. The maximum absolute atomic E-state index is 10.6. The Balaban J connectivity index is 2.78. The summed E-state index contributed by atoms with van der Waals surface area (Å²) < 4.78 is 10.3. The highest BCUT2D eigenvalue weighted by molar-refractivity contribution is 5.50. The average Bonchev–Trinajstić information content (AvgIpc) is 2.29. The molecule has 0 amide bonds. The van der Waals surface area contributed by atoms with E-state index in [1.165, 1.54) is 19.2 Å². The molecule has 6 nitrogen and oxygen atoms in total. The fourth-order valence-corrected chi connectivity index (χ4v) is 1.17. The zero-order chi connectivity index (χ0) is 12.0. The molecule has 0 atom stereocenters. The van der Waals surface area contributed by atoms with Gasteiger partial charge in [0.1, 0.15) is 12.4 Å². The van der Waals surface area contributed by atoms with E-state index in [2.05, 4.69) is 5.32 Å². The number of likely N-dealkylation sites (N-methyl/N-ethyl adjacent to an activating group) is 1. The minimum atomic E-state index is -0.490. The molecule has 1 rings (SSSR count). The van der Waals surface area contributed by atoms with Crippen LogP contribution in [-0.4, -0.2) is 32.2 Å². The molecule has 0 fully saturated rings. The molecule has 1 aromatic carbocycles. The van der Waals surface area contributed by atoms with E-state index < -0.39 is 4.92 Å². The standard InChI is InChI=1S/C10H14N2O4/c1-11-5-6-16-8-3-4-9(12(13)14)10(7-8)15-2/h3-4,7,11H,5-6H2,1-2H3. The van der Waals surface area contributed by atoms with Crippen LogP contribution in [0.2, 0.25) is 0 Å². The van der Waals surface area contributed by atoms with Gasteiger partial charge in [0, 0.05) is 18.7 Å². The lowest BCUT2D eigenvalue weighted by Crippen LogP contribution is -2.15. The number of methoxy groups -OCH3 is 1. The van der Waals surface area contributed by atoms with Crippen LogP contribution in [0.25, 0.3) is 0 Å². The van der Waals surface area contributed by atoms with Crippen LogP contribution in [0.15, 0.2) is 18.2 Å². The van der Waals surface area contributed by atoms with Crippen molar-refractivity contribution in [2.75, 3.05) is 27.3 Å². The van der Waals surface area contributed by atoms with Gasteiger partial charge in [-0.15, -0.1) is 0 Å². The summed E-state index contributed by atoms with van der Waals surface area (Å²) >= 11 is 0. The second kappa shape index (κ2) is 5.92. The molecule has 0 saturated heterocycles. The normalized spacial score (nSPS) is 9.88. The van der Waals surface area contributed by atoms with Crippen molar-refractivity contribution in [1.82, 2.24) is 5.32 Å². The molecule has 0 bridgehead atoms. The van der Waals surface area contributed by atoms with Gasteiger partial charge in [0.05, 0.1) is 12.0 Å². The lowest BCUT2D eigenvalue weighted by atomic mass is 10.3. The summed E-state index contributed by atoms with van der Waals surface area (Å²) in [5.41, 5.74) is -0.0662. The molecule has 0 spiro atoms. The molecule has 0 aliphatic heterocycles. The molecule has 6 heteroatoms. The summed E-state index contributed by atoms with van der Waals surface area (Å²) in [6.45, 7) is 1.21. The van der Waals surface area contributed by atoms with E-state index in [1.54, 1.807) is 6.07 Å². The second-order valence-corrected chi connectivity index (χ2v) is 3.04. The summed E-state index contributed by atoms with van der Waals surface area (Å²) in [7, 11) is 3.21. The Bertz CT molecular complexity index is 368. The Kier molecular flexibility index (Phi) is 4.53. The zero-order valence-electron chi connectivity index (χ0n) is 9.23. The van der Waals surface area contributed by atoms with Crippen LogP contribution in [-0.2, 0) is 0 Å². The van der Waals surface area contributed by atoms with Crippen LogP contribution >= 0.6 is 0 Å². The summed E-state index contributed by atoms with van der Waals surface area (Å²) in [4.78, 5) is 10.1. The largest absolute Gasteiger partial charge is 0.492 e. The van der Waals surface area contributed by atoms with Crippen molar-refractivity contribution in [3.05, 3.63) is 28.3 Å². The molecular formula is C10H14N2O4. The third-order valence-corrected chi connectivity index (χ3v) is 1.97. The van der Waals surface area contributed by atoms with Crippen LogP contribution in [0.5, 0.6) is 11.5 Å². The van der Waals surface area contributed by atoms with Crippen molar-refractivity contribution in [3.63, 3.8) is 0 Å². The van der Waals surface area contributed by atoms with Gasteiger partial charge >= 0.3 is 5.69 Å². The number of benzene rings is 1. The van der Waals surface area contributed by atoms with E-state index in [0.717, 1.165) is 0 Å². The minimum absolute atomic E-state index is 0.0662. The fraction of sp³-hybridized carbons (Fsp3) is 0.400. The summed E-state index contributed by atoms with van der Waals surface area (Å²) in [6, 6.07) is 4.43. The van der Waals surface area contributed by atoms with Gasteiger partial charge in [0.2, 0.25) is 5.75 Å². The molecule has 1 aromatic rings. The average molecular weight is 226 g/mol. The van der Waals surface area contributed by atoms with Crippen LogP contribution < -0.4 is 14.8 Å². The number of rotatable bonds is 6. The number of nitrogens with one attached hydrogen (secondary N) is 1. The lowest BCUT2D eigenvalue weighted by Gasteiger charge is -2.07. The molecule has 16 heavy (non-hydrogen) atoms. The summed E-state index contributed by atoms with van der Waals surface area (Å²) in [5, 5.41) is 13.6. The molecule has 0 unspecified atom stereocenters. The first-order valence-electron chi connectivity index (χ1n) is 4.79. The van der Waals surface area contributed by atoms with Gasteiger partial charge in [-0.1, -0.05) is 0 Å². The van der Waals surface area contributed by atoms with Crippen LogP contribution in [0.4, 0.5) is 5.69 Å². The fourth-order valence-electron chi connectivity index (χ4n) is 1.17. The Morgan fingerprint density at radius 1 is 1.50 bits per heavy atom. The van der Waals surface area contributed by atoms with Crippen LogP contribution in [0, 0.1) is 10.1 Å². The number of nitro benzene ring substituents is 1. The molecule has 0 aliphatic carbocycles. The van der Waals surface area contributed by atoms with E-state index in [4.69, 9.17) is 9.47 Å². The first-order chi connectivity index (χ1) is 7.69. The number of nitrogens with zero attached hydrogens (tertiary/aromatic N) is 1. The van der Waals surface area contributed by atoms with Gasteiger partial charge in [-0.05, 0) is 13.1 Å². The minimum Gasteiger partial charge on any atom is -0.492 e. The van der Waals surface area contributed by atoms with Crippen LogP contribution in [0.1, 0.15) is 0 Å². The van der Waals surface area contributed by atoms with E-state index >= 15 is 0 Å². The highest BCUT2D eigenvalue weighted by atomic mass is 16.6. The maximum Gasteiger partial charge on any atom is 0.311 e. The first kappa shape index (κ1) is 12.3. The van der Waals surface area contributed by atoms with Crippen molar-refractivity contribution in [2.24, 2.45) is 0 Å². The van der Waals surface area contributed by atoms with Gasteiger partial charge in [-0.25, -0.2) is 0 Å². The molecule has 0 heterocycles. The van der Waals surface area contributed by atoms with Crippen molar-refractivity contribution in [1.29, 1.82) is 0 Å². The Labute approximate surface area is 93.3 Å². The molecule has 0 radical (unpaired) electrons. The Hall–Kier alpha value is -1.82. The Morgan fingerprint density at radius 3 is 2.81 bits per heavy atom. The smallest absolute Gasteiger partial charge is 0.311 e. The van der Waals surface area contributed by atoms with Gasteiger partial charge in [-0.2, -0.15) is 0 Å². The molecular weight excluding hydrogens is 212 g/mol. The molecule has 0 aromatic heterocycles. The lowest BCUT2D eigenvalue weighted by molar-refractivity contribution is -0.385. The van der Waals surface area contributed by atoms with E-state index in [1.807, 2.05) is 7.05 Å². The molecule has 1 N–H and O–H groups in total. The van der Waals surface area contributed by atoms with Crippen molar-refractivity contribution < 1.29 is 14.4 Å². The third-order valence-electron chi connectivity index (χ3n) is 1.97. The quantitative estimate of drug-likeness (QED) is 0.448. The van der Waals surface area contributed by atoms with Crippen molar-refractivity contribution >= 4 is 5.69 Å². The van der Waals surface area contributed by atoms with Gasteiger partial charge in [0.25, 0.3) is 0 Å². The highest BCUT2D eigenvalue weighted by Crippen LogP contribution is 2.30. The van der Waals surface area contributed by atoms with E-state index in [9.17, 15) is 10.1 Å². The first-order valence-corrected chi connectivity index (χ1v) is 4.79. The number of hydrogen-bond donors (Lipinski definition) is 1. The van der Waals surface area contributed by atoms with Gasteiger partial charge in [0.15, 0.2) is 0 Å². The summed E-state index contributed by atoms with van der Waals surface area (Å²) in [6.07, 6.45) is 0. The van der Waals surface area contributed by atoms with Gasteiger partial charge in [-0.3, -0.25) is 10.1 Å². The Morgan fingerprint density at radius 2 is 2.25 bits per heavy atom. The van der Waals surface area contributed by atoms with Gasteiger partial charge < -0.3 is 14.8 Å².